The number of hydrogen-bond acceptors (Lipinski definition) is 2. The number of piperidine rings is 1. The van der Waals surface area contributed by atoms with Crippen LogP contribution in [0.2, 0.25) is 0 Å². The molecule has 1 N–H and O–H groups in total. The van der Waals surface area contributed by atoms with Crippen LogP contribution in [0.15, 0.2) is 18.2 Å². The summed E-state index contributed by atoms with van der Waals surface area (Å²) in [6.45, 7) is 5.93. The van der Waals surface area contributed by atoms with Gasteiger partial charge in [-0.25, -0.2) is 0 Å². The fraction of sp³-hybridized carbons (Fsp3) is 0.471. The molecule has 112 valence electrons. The Hall–Kier alpha value is -1.97. The number of H-pyrrole nitrogens is 1. The minimum Gasteiger partial charge on any atom is -0.495 e. The lowest BCUT2D eigenvalue weighted by molar-refractivity contribution is 0.0698. The molecular weight excluding hydrogens is 264 g/mol. The van der Waals surface area contributed by atoms with Gasteiger partial charge in [-0.05, 0) is 31.7 Å². The van der Waals surface area contributed by atoms with E-state index in [9.17, 15) is 4.79 Å². The van der Waals surface area contributed by atoms with Crippen molar-refractivity contribution in [1.82, 2.24) is 9.88 Å². The fourth-order valence-electron chi connectivity index (χ4n) is 3.14. The lowest BCUT2D eigenvalue weighted by atomic mass is 9.98. The zero-order valence-corrected chi connectivity index (χ0v) is 12.9. The maximum absolute atomic E-state index is 12.9. The Labute approximate surface area is 125 Å². The largest absolute Gasteiger partial charge is 0.495 e. The Balaban J connectivity index is 2.00. The molecule has 0 unspecified atom stereocenters. The number of amides is 1. The normalized spacial score (nSPS) is 16.4. The molecule has 3 rings (SSSR count). The Bertz CT molecular complexity index is 667. The summed E-state index contributed by atoms with van der Waals surface area (Å²) < 4.78 is 5.38. The number of nitrogens with one attached hydrogen (secondary N) is 1. The van der Waals surface area contributed by atoms with Crippen molar-refractivity contribution in [3.63, 3.8) is 0 Å². The van der Waals surface area contributed by atoms with Crippen molar-refractivity contribution >= 4 is 16.8 Å². The number of hydrogen-bond donors (Lipinski definition) is 1. The highest BCUT2D eigenvalue weighted by atomic mass is 16.5. The molecule has 1 aliphatic rings. The molecule has 1 saturated heterocycles. The summed E-state index contributed by atoms with van der Waals surface area (Å²) in [7, 11) is 1.65. The third-order valence-electron chi connectivity index (χ3n) is 4.49. The van der Waals surface area contributed by atoms with Gasteiger partial charge in [0.2, 0.25) is 0 Å². The summed E-state index contributed by atoms with van der Waals surface area (Å²) in [6.07, 6.45) is 2.19. The van der Waals surface area contributed by atoms with Gasteiger partial charge in [-0.1, -0.05) is 19.1 Å². The predicted molar refractivity (Wildman–Crippen MR) is 83.9 cm³/mol. The van der Waals surface area contributed by atoms with E-state index in [4.69, 9.17) is 4.74 Å². The molecule has 0 spiro atoms. The van der Waals surface area contributed by atoms with Gasteiger partial charge in [-0.3, -0.25) is 4.79 Å². The van der Waals surface area contributed by atoms with Crippen LogP contribution in [0.25, 0.3) is 10.9 Å². The maximum atomic E-state index is 12.9. The molecule has 2 aromatic rings. The lowest BCUT2D eigenvalue weighted by Gasteiger charge is -2.30. The molecule has 1 aromatic heterocycles. The van der Waals surface area contributed by atoms with Gasteiger partial charge >= 0.3 is 0 Å². The summed E-state index contributed by atoms with van der Waals surface area (Å²) in [6, 6.07) is 5.83. The molecule has 1 amide bonds. The third-order valence-corrected chi connectivity index (χ3v) is 4.49. The first-order valence-corrected chi connectivity index (χ1v) is 7.56. The summed E-state index contributed by atoms with van der Waals surface area (Å²) >= 11 is 0. The third kappa shape index (κ3) is 2.39. The molecule has 21 heavy (non-hydrogen) atoms. The zero-order chi connectivity index (χ0) is 15.0. The van der Waals surface area contributed by atoms with Crippen molar-refractivity contribution in [2.45, 2.75) is 26.7 Å². The van der Waals surface area contributed by atoms with E-state index < -0.39 is 0 Å². The van der Waals surface area contributed by atoms with Gasteiger partial charge in [-0.2, -0.15) is 0 Å². The monoisotopic (exact) mass is 286 g/mol. The SMILES string of the molecule is COc1cccc2c(C(=O)N3CCC(C)CC3)c(C)[nH]c12. The van der Waals surface area contributed by atoms with E-state index in [0.29, 0.717) is 0 Å². The number of aromatic amines is 1. The number of likely N-dealkylation sites (tertiary alicyclic amines) is 1. The van der Waals surface area contributed by atoms with Crippen LogP contribution in [0, 0.1) is 12.8 Å². The molecule has 1 fully saturated rings. The number of ether oxygens (including phenoxy) is 1. The molecule has 0 bridgehead atoms. The average molecular weight is 286 g/mol. The summed E-state index contributed by atoms with van der Waals surface area (Å²) in [5, 5.41) is 0.954. The van der Waals surface area contributed by atoms with Crippen molar-refractivity contribution < 1.29 is 9.53 Å². The van der Waals surface area contributed by atoms with E-state index in [0.717, 1.165) is 59.8 Å². The van der Waals surface area contributed by atoms with Gasteiger partial charge in [0.05, 0.1) is 18.2 Å². The second-order valence-corrected chi connectivity index (χ2v) is 5.98. The number of aryl methyl sites for hydroxylation is 1. The number of benzene rings is 1. The smallest absolute Gasteiger partial charge is 0.256 e. The van der Waals surface area contributed by atoms with Gasteiger partial charge in [-0.15, -0.1) is 0 Å². The molecule has 0 saturated carbocycles. The molecule has 0 radical (unpaired) electrons. The molecule has 1 aliphatic heterocycles. The first-order chi connectivity index (χ1) is 10.1. The highest BCUT2D eigenvalue weighted by Gasteiger charge is 2.25. The number of aromatic nitrogens is 1. The summed E-state index contributed by atoms with van der Waals surface area (Å²) in [5.74, 6) is 1.64. The van der Waals surface area contributed by atoms with Gasteiger partial charge < -0.3 is 14.6 Å². The van der Waals surface area contributed by atoms with Crippen LogP contribution in [0.5, 0.6) is 5.75 Å². The number of nitrogens with zero attached hydrogens (tertiary/aromatic N) is 1. The molecule has 4 heteroatoms. The maximum Gasteiger partial charge on any atom is 0.256 e. The quantitative estimate of drug-likeness (QED) is 0.920. The number of fused-ring (bicyclic) bond motifs is 1. The molecular formula is C17H22N2O2. The van der Waals surface area contributed by atoms with Crippen LogP contribution in [0.3, 0.4) is 0 Å². The molecule has 4 nitrogen and oxygen atoms in total. The number of para-hydroxylation sites is 1. The van der Waals surface area contributed by atoms with E-state index in [-0.39, 0.29) is 5.91 Å². The number of rotatable bonds is 2. The minimum absolute atomic E-state index is 0.138. The molecule has 1 aromatic carbocycles. The Morgan fingerprint density at radius 1 is 1.33 bits per heavy atom. The van der Waals surface area contributed by atoms with E-state index in [1.807, 2.05) is 30.0 Å². The Morgan fingerprint density at radius 3 is 2.71 bits per heavy atom. The van der Waals surface area contributed by atoms with E-state index >= 15 is 0 Å². The van der Waals surface area contributed by atoms with Crippen molar-refractivity contribution in [2.75, 3.05) is 20.2 Å². The predicted octanol–water partition coefficient (Wildman–Crippen LogP) is 3.36. The number of methoxy groups -OCH3 is 1. The number of carbonyl (C=O) groups excluding carboxylic acids is 1. The van der Waals surface area contributed by atoms with Crippen LogP contribution in [0.1, 0.15) is 35.8 Å². The van der Waals surface area contributed by atoms with Crippen molar-refractivity contribution in [2.24, 2.45) is 5.92 Å². The topological polar surface area (TPSA) is 45.3 Å². The molecule has 0 aliphatic carbocycles. The molecule has 2 heterocycles. The second-order valence-electron chi connectivity index (χ2n) is 5.98. The highest BCUT2D eigenvalue weighted by Crippen LogP contribution is 2.31. The Kier molecular flexibility index (Phi) is 3.62. The van der Waals surface area contributed by atoms with Crippen LogP contribution in [-0.4, -0.2) is 36.0 Å². The van der Waals surface area contributed by atoms with Crippen LogP contribution in [0.4, 0.5) is 0 Å². The van der Waals surface area contributed by atoms with Gasteiger partial charge in [0.1, 0.15) is 5.75 Å². The van der Waals surface area contributed by atoms with Gasteiger partial charge in [0.25, 0.3) is 5.91 Å². The molecule has 0 atom stereocenters. The highest BCUT2D eigenvalue weighted by molar-refractivity contribution is 6.09. The Morgan fingerprint density at radius 2 is 2.05 bits per heavy atom. The second kappa shape index (κ2) is 5.43. The summed E-state index contributed by atoms with van der Waals surface area (Å²) in [4.78, 5) is 18.2. The summed E-state index contributed by atoms with van der Waals surface area (Å²) in [5.41, 5.74) is 2.61. The van der Waals surface area contributed by atoms with E-state index in [2.05, 4.69) is 11.9 Å². The van der Waals surface area contributed by atoms with Crippen molar-refractivity contribution in [3.8, 4) is 5.75 Å². The van der Waals surface area contributed by atoms with Crippen molar-refractivity contribution in [1.29, 1.82) is 0 Å². The first-order valence-electron chi connectivity index (χ1n) is 7.56. The van der Waals surface area contributed by atoms with E-state index in [1.165, 1.54) is 0 Å². The first kappa shape index (κ1) is 14.0. The van der Waals surface area contributed by atoms with Gasteiger partial charge in [0, 0.05) is 24.2 Å². The van der Waals surface area contributed by atoms with Crippen molar-refractivity contribution in [3.05, 3.63) is 29.5 Å². The van der Waals surface area contributed by atoms with E-state index in [1.54, 1.807) is 7.11 Å². The minimum atomic E-state index is 0.138. The van der Waals surface area contributed by atoms with Crippen LogP contribution >= 0.6 is 0 Å². The standard InChI is InChI=1S/C17H22N2O2/c1-11-7-9-19(10-8-11)17(20)15-12(2)18-16-13(15)5-4-6-14(16)21-3/h4-6,11,18H,7-10H2,1-3H3. The number of carbonyl (C=O) groups is 1. The lowest BCUT2D eigenvalue weighted by Crippen LogP contribution is -2.38. The zero-order valence-electron chi connectivity index (χ0n) is 12.9. The van der Waals surface area contributed by atoms with Gasteiger partial charge in [0.15, 0.2) is 0 Å². The van der Waals surface area contributed by atoms with Crippen LogP contribution in [-0.2, 0) is 0 Å². The fourth-order valence-corrected chi connectivity index (χ4v) is 3.14. The van der Waals surface area contributed by atoms with Crippen LogP contribution < -0.4 is 4.74 Å². The average Bonchev–Trinajstić information content (AvgIpc) is 2.83.